The van der Waals surface area contributed by atoms with Crippen molar-refractivity contribution in [3.05, 3.63) is 32.6 Å². The van der Waals surface area contributed by atoms with Crippen molar-refractivity contribution in [1.29, 1.82) is 0 Å². The van der Waals surface area contributed by atoms with E-state index in [0.717, 1.165) is 6.20 Å². The number of H-pyrrole nitrogens is 1. The van der Waals surface area contributed by atoms with Crippen LogP contribution in [0.25, 0.3) is 0 Å². The lowest BCUT2D eigenvalue weighted by Crippen LogP contribution is -2.55. The van der Waals surface area contributed by atoms with E-state index in [1.54, 1.807) is 13.8 Å². The number of halogens is 1. The van der Waals surface area contributed by atoms with Crippen molar-refractivity contribution in [3.63, 3.8) is 0 Å². The van der Waals surface area contributed by atoms with Crippen molar-refractivity contribution >= 4 is 0 Å². The van der Waals surface area contributed by atoms with E-state index >= 15 is 0 Å². The van der Waals surface area contributed by atoms with Gasteiger partial charge >= 0.3 is 5.69 Å². The molecule has 1 aromatic rings. The van der Waals surface area contributed by atoms with Gasteiger partial charge in [-0.2, -0.15) is 0 Å². The highest BCUT2D eigenvalue weighted by Gasteiger charge is 2.43. The van der Waals surface area contributed by atoms with Crippen LogP contribution in [0.3, 0.4) is 0 Å². The summed E-state index contributed by atoms with van der Waals surface area (Å²) >= 11 is 0. The van der Waals surface area contributed by atoms with Gasteiger partial charge < -0.3 is 19.7 Å². The van der Waals surface area contributed by atoms with Gasteiger partial charge in [0.05, 0.1) is 6.61 Å². The summed E-state index contributed by atoms with van der Waals surface area (Å²) in [4.78, 5) is 24.9. The van der Waals surface area contributed by atoms with Crippen molar-refractivity contribution < 1.29 is 24.1 Å². The zero-order valence-corrected chi connectivity index (χ0v) is 12.4. The molecule has 0 saturated carbocycles. The number of alkyl halides is 1. The minimum absolute atomic E-state index is 0.114. The monoisotopic (exact) mass is 318 g/mol. The van der Waals surface area contributed by atoms with Crippen molar-refractivity contribution in [1.82, 2.24) is 9.55 Å². The van der Waals surface area contributed by atoms with Gasteiger partial charge in [-0.05, 0) is 20.8 Å². The summed E-state index contributed by atoms with van der Waals surface area (Å²) in [6, 6.07) is 0. The first kappa shape index (κ1) is 16.8. The Labute approximate surface area is 125 Å². The van der Waals surface area contributed by atoms with E-state index in [1.165, 1.54) is 6.92 Å². The first-order chi connectivity index (χ1) is 10.1. The standard InChI is InChI=1S/C13H19FN2O6/c1-6-4-16(12(20)15-11(6)19)10(14)8(18)9-7(17)5-21-13(2,3)22-9/h4,7-10,17-18H,5H2,1-3H3,(H,15,19,20)/t7-,8-,9-,10?/m1/s1. The quantitative estimate of drug-likeness (QED) is 0.671. The Morgan fingerprint density at radius 2 is 2.14 bits per heavy atom. The van der Waals surface area contributed by atoms with Gasteiger partial charge in [0, 0.05) is 11.8 Å². The fourth-order valence-electron chi connectivity index (χ4n) is 2.21. The highest BCUT2D eigenvalue weighted by atomic mass is 19.1. The third kappa shape index (κ3) is 3.27. The SMILES string of the molecule is Cc1cn(C(F)[C@H](O)[C@@H]2OC(C)(C)OC[C@H]2O)c(=O)[nH]c1=O. The number of hydrogen-bond acceptors (Lipinski definition) is 6. The summed E-state index contributed by atoms with van der Waals surface area (Å²) in [6.45, 7) is 4.38. The van der Waals surface area contributed by atoms with Gasteiger partial charge in [-0.15, -0.1) is 0 Å². The minimum Gasteiger partial charge on any atom is -0.388 e. The van der Waals surface area contributed by atoms with Crippen molar-refractivity contribution in [2.45, 2.75) is 51.2 Å². The van der Waals surface area contributed by atoms with Crippen LogP contribution in [0.1, 0.15) is 25.7 Å². The molecule has 1 unspecified atom stereocenters. The Morgan fingerprint density at radius 3 is 2.77 bits per heavy atom. The highest BCUT2D eigenvalue weighted by Crippen LogP contribution is 2.28. The van der Waals surface area contributed by atoms with Crippen LogP contribution in [0.15, 0.2) is 15.8 Å². The van der Waals surface area contributed by atoms with Crippen LogP contribution in [-0.2, 0) is 9.47 Å². The fraction of sp³-hybridized carbons (Fsp3) is 0.692. The second-order valence-electron chi connectivity index (χ2n) is 5.70. The predicted octanol–water partition coefficient (Wildman–Crippen LogP) is -0.814. The average molecular weight is 318 g/mol. The number of nitrogens with one attached hydrogen (secondary N) is 1. The second kappa shape index (κ2) is 5.92. The number of hydrogen-bond donors (Lipinski definition) is 3. The molecule has 1 fully saturated rings. The topological polar surface area (TPSA) is 114 Å². The summed E-state index contributed by atoms with van der Waals surface area (Å²) in [7, 11) is 0. The Bertz CT molecular complexity index is 655. The molecule has 0 radical (unpaired) electrons. The van der Waals surface area contributed by atoms with Gasteiger partial charge in [-0.3, -0.25) is 14.3 Å². The normalized spacial score (nSPS) is 27.4. The zero-order valence-electron chi connectivity index (χ0n) is 12.4. The van der Waals surface area contributed by atoms with Gasteiger partial charge in [0.1, 0.15) is 18.3 Å². The Morgan fingerprint density at radius 1 is 1.50 bits per heavy atom. The van der Waals surface area contributed by atoms with E-state index in [9.17, 15) is 24.2 Å². The van der Waals surface area contributed by atoms with Crippen molar-refractivity contribution in [3.8, 4) is 0 Å². The molecule has 22 heavy (non-hydrogen) atoms. The lowest BCUT2D eigenvalue weighted by Gasteiger charge is -2.41. The lowest BCUT2D eigenvalue weighted by molar-refractivity contribution is -0.324. The number of nitrogens with zero attached hydrogens (tertiary/aromatic N) is 1. The number of aryl methyl sites for hydroxylation is 1. The summed E-state index contributed by atoms with van der Waals surface area (Å²) in [5.41, 5.74) is -1.52. The molecule has 0 spiro atoms. The Hall–Kier alpha value is -1.55. The maximum Gasteiger partial charge on any atom is 0.330 e. The van der Waals surface area contributed by atoms with Crippen LogP contribution in [0, 0.1) is 6.92 Å². The molecule has 9 heteroatoms. The molecule has 1 aliphatic rings. The van der Waals surface area contributed by atoms with Gasteiger partial charge in [-0.25, -0.2) is 9.18 Å². The molecule has 8 nitrogen and oxygen atoms in total. The van der Waals surface area contributed by atoms with Crippen LogP contribution in [0.2, 0.25) is 0 Å². The molecule has 0 bridgehead atoms. The highest BCUT2D eigenvalue weighted by molar-refractivity contribution is 5.02. The van der Waals surface area contributed by atoms with E-state index in [0.29, 0.717) is 4.57 Å². The summed E-state index contributed by atoms with van der Waals surface area (Å²) in [5.74, 6) is -1.10. The van der Waals surface area contributed by atoms with Crippen LogP contribution in [-0.4, -0.2) is 50.5 Å². The maximum absolute atomic E-state index is 14.5. The molecule has 0 amide bonds. The predicted molar refractivity (Wildman–Crippen MR) is 73.1 cm³/mol. The number of rotatable bonds is 3. The fourth-order valence-corrected chi connectivity index (χ4v) is 2.21. The molecule has 1 aromatic heterocycles. The molecule has 124 valence electrons. The summed E-state index contributed by atoms with van der Waals surface area (Å²) < 4.78 is 25.5. The average Bonchev–Trinajstić information content (AvgIpc) is 2.44. The molecule has 0 aliphatic carbocycles. The maximum atomic E-state index is 14.5. The van der Waals surface area contributed by atoms with Gasteiger partial charge in [0.2, 0.25) is 6.30 Å². The van der Waals surface area contributed by atoms with E-state index < -0.39 is 41.6 Å². The van der Waals surface area contributed by atoms with Crippen LogP contribution in [0.5, 0.6) is 0 Å². The van der Waals surface area contributed by atoms with Crippen molar-refractivity contribution in [2.24, 2.45) is 0 Å². The molecule has 1 aliphatic heterocycles. The summed E-state index contributed by atoms with van der Waals surface area (Å²) in [5, 5.41) is 19.9. The molecular weight excluding hydrogens is 299 g/mol. The van der Waals surface area contributed by atoms with Gasteiger partial charge in [0.15, 0.2) is 5.79 Å². The molecule has 2 rings (SSSR count). The molecule has 3 N–H and O–H groups in total. The molecule has 4 atom stereocenters. The number of aliphatic hydroxyl groups excluding tert-OH is 2. The number of aliphatic hydroxyl groups is 2. The van der Waals surface area contributed by atoms with E-state index in [1.807, 2.05) is 4.98 Å². The number of ether oxygens (including phenoxy) is 2. The third-order valence-corrected chi connectivity index (χ3v) is 3.43. The third-order valence-electron chi connectivity index (χ3n) is 3.43. The number of aromatic amines is 1. The van der Waals surface area contributed by atoms with Gasteiger partial charge in [0.25, 0.3) is 5.56 Å². The van der Waals surface area contributed by atoms with Crippen LogP contribution in [0.4, 0.5) is 4.39 Å². The first-order valence-electron chi connectivity index (χ1n) is 6.76. The number of aromatic nitrogens is 2. The van der Waals surface area contributed by atoms with Gasteiger partial charge in [-0.1, -0.05) is 0 Å². The Balaban J connectivity index is 2.28. The van der Waals surface area contributed by atoms with Crippen molar-refractivity contribution in [2.75, 3.05) is 6.61 Å². The largest absolute Gasteiger partial charge is 0.388 e. The van der Waals surface area contributed by atoms with Crippen LogP contribution < -0.4 is 11.2 Å². The van der Waals surface area contributed by atoms with E-state index in [4.69, 9.17) is 9.47 Å². The summed E-state index contributed by atoms with van der Waals surface area (Å²) in [6.07, 6.45) is -5.54. The second-order valence-corrected chi connectivity index (χ2v) is 5.70. The smallest absolute Gasteiger partial charge is 0.330 e. The molecule has 1 saturated heterocycles. The molecule has 0 aromatic carbocycles. The molecular formula is C13H19FN2O6. The lowest BCUT2D eigenvalue weighted by atomic mass is 10.1. The van der Waals surface area contributed by atoms with E-state index in [2.05, 4.69) is 0 Å². The first-order valence-corrected chi connectivity index (χ1v) is 6.76. The zero-order chi connectivity index (χ0) is 16.7. The van der Waals surface area contributed by atoms with Crippen LogP contribution >= 0.6 is 0 Å². The van der Waals surface area contributed by atoms with E-state index in [-0.39, 0.29) is 12.2 Å². The minimum atomic E-state index is -2.20. The Kier molecular flexibility index (Phi) is 4.52. The molecule has 2 heterocycles.